The number of aliphatic hydroxyl groups is 1. The van der Waals surface area contributed by atoms with Crippen molar-refractivity contribution in [3.05, 3.63) is 29.8 Å². The number of rotatable bonds is 4. The number of halogens is 2. The van der Waals surface area contributed by atoms with Gasteiger partial charge in [0.1, 0.15) is 12.4 Å². The summed E-state index contributed by atoms with van der Waals surface area (Å²) >= 11 is 0. The maximum Gasteiger partial charge on any atom is 0.295 e. The molecule has 4 heteroatoms. The quantitative estimate of drug-likeness (QED) is 0.810. The Morgan fingerprint density at radius 3 is 2.29 bits per heavy atom. The first-order valence-corrected chi connectivity index (χ1v) is 4.32. The molecule has 1 rings (SSSR count). The van der Waals surface area contributed by atoms with Crippen molar-refractivity contribution < 1.29 is 18.6 Å². The first kappa shape index (κ1) is 10.9. The monoisotopic (exact) mass is 202 g/mol. The molecule has 0 bridgehead atoms. The van der Waals surface area contributed by atoms with E-state index in [1.54, 1.807) is 0 Å². The summed E-state index contributed by atoms with van der Waals surface area (Å²) in [5.41, 5.74) is -0.205. The Morgan fingerprint density at radius 1 is 1.29 bits per heavy atom. The molecule has 0 unspecified atom stereocenters. The molecule has 0 amide bonds. The van der Waals surface area contributed by atoms with Gasteiger partial charge in [-0.2, -0.15) is 8.78 Å². The lowest BCUT2D eigenvalue weighted by atomic mass is 10.1. The first-order valence-electron chi connectivity index (χ1n) is 4.32. The second kappa shape index (κ2) is 4.37. The van der Waals surface area contributed by atoms with Crippen molar-refractivity contribution in [1.82, 2.24) is 0 Å². The minimum Gasteiger partial charge on any atom is -0.494 e. The van der Waals surface area contributed by atoms with Gasteiger partial charge >= 0.3 is 0 Å². The Labute approximate surface area is 81.1 Å². The Hall–Kier alpha value is -1.16. The Kier molecular flexibility index (Phi) is 3.41. The summed E-state index contributed by atoms with van der Waals surface area (Å²) in [6, 6.07) is 5.42. The molecule has 0 aliphatic rings. The van der Waals surface area contributed by atoms with E-state index in [-0.39, 0.29) is 5.56 Å². The van der Waals surface area contributed by atoms with Crippen LogP contribution in [-0.4, -0.2) is 18.3 Å². The van der Waals surface area contributed by atoms with E-state index in [0.717, 1.165) is 0 Å². The molecule has 0 fully saturated rings. The standard InChI is InChI=1S/C10H12F2O2/c1-2-14-9-5-3-8(4-6-9)10(11,12)7-13/h3-6,13H,2,7H2,1H3. The zero-order chi connectivity index (χ0) is 10.6. The van der Waals surface area contributed by atoms with Crippen LogP contribution in [0, 0.1) is 0 Å². The van der Waals surface area contributed by atoms with Gasteiger partial charge in [-0.1, -0.05) is 0 Å². The van der Waals surface area contributed by atoms with E-state index in [1.165, 1.54) is 24.3 Å². The van der Waals surface area contributed by atoms with Gasteiger partial charge in [-0.05, 0) is 31.2 Å². The fourth-order valence-corrected chi connectivity index (χ4v) is 1.05. The summed E-state index contributed by atoms with van der Waals surface area (Å²) in [7, 11) is 0. The highest BCUT2D eigenvalue weighted by atomic mass is 19.3. The number of hydrogen-bond donors (Lipinski definition) is 1. The van der Waals surface area contributed by atoms with Gasteiger partial charge in [-0.3, -0.25) is 0 Å². The Balaban J connectivity index is 2.82. The van der Waals surface area contributed by atoms with Gasteiger partial charge in [-0.25, -0.2) is 0 Å². The van der Waals surface area contributed by atoms with Crippen LogP contribution in [0.15, 0.2) is 24.3 Å². The fourth-order valence-electron chi connectivity index (χ4n) is 1.05. The molecular formula is C10H12F2O2. The van der Waals surface area contributed by atoms with Crippen molar-refractivity contribution in [3.63, 3.8) is 0 Å². The fraction of sp³-hybridized carbons (Fsp3) is 0.400. The molecule has 0 atom stereocenters. The van der Waals surface area contributed by atoms with Crippen LogP contribution in [0.25, 0.3) is 0 Å². The van der Waals surface area contributed by atoms with Crippen LogP contribution in [-0.2, 0) is 5.92 Å². The highest BCUT2D eigenvalue weighted by Gasteiger charge is 2.30. The lowest BCUT2D eigenvalue weighted by molar-refractivity contribution is -0.0556. The summed E-state index contributed by atoms with van der Waals surface area (Å²) in [6.07, 6.45) is 0. The number of alkyl halides is 2. The van der Waals surface area contributed by atoms with Gasteiger partial charge in [0.2, 0.25) is 0 Å². The van der Waals surface area contributed by atoms with Crippen LogP contribution in [0.5, 0.6) is 5.75 Å². The van der Waals surface area contributed by atoms with Crippen LogP contribution in [0.3, 0.4) is 0 Å². The highest BCUT2D eigenvalue weighted by molar-refractivity contribution is 5.29. The second-order valence-corrected chi connectivity index (χ2v) is 2.82. The third-order valence-electron chi connectivity index (χ3n) is 1.79. The van der Waals surface area contributed by atoms with Crippen LogP contribution >= 0.6 is 0 Å². The molecule has 0 aromatic heterocycles. The minimum atomic E-state index is -3.18. The average molecular weight is 202 g/mol. The zero-order valence-electron chi connectivity index (χ0n) is 7.84. The third-order valence-corrected chi connectivity index (χ3v) is 1.79. The van der Waals surface area contributed by atoms with Gasteiger partial charge in [-0.15, -0.1) is 0 Å². The van der Waals surface area contributed by atoms with Crippen LogP contribution in [0.1, 0.15) is 12.5 Å². The molecule has 78 valence electrons. The van der Waals surface area contributed by atoms with Crippen LogP contribution in [0.4, 0.5) is 8.78 Å². The van der Waals surface area contributed by atoms with Crippen molar-refractivity contribution >= 4 is 0 Å². The third kappa shape index (κ3) is 2.42. The summed E-state index contributed by atoms with van der Waals surface area (Å²) in [5, 5.41) is 8.44. The van der Waals surface area contributed by atoms with E-state index < -0.39 is 12.5 Å². The van der Waals surface area contributed by atoms with E-state index in [1.807, 2.05) is 6.92 Å². The first-order chi connectivity index (χ1) is 6.60. The second-order valence-electron chi connectivity index (χ2n) is 2.82. The molecule has 0 saturated carbocycles. The molecule has 1 aromatic rings. The predicted molar refractivity (Wildman–Crippen MR) is 48.6 cm³/mol. The Bertz CT molecular complexity index is 283. The van der Waals surface area contributed by atoms with Crippen molar-refractivity contribution in [2.75, 3.05) is 13.2 Å². The molecule has 0 heterocycles. The molecule has 14 heavy (non-hydrogen) atoms. The number of benzene rings is 1. The molecule has 0 spiro atoms. The largest absolute Gasteiger partial charge is 0.494 e. The molecule has 0 aliphatic carbocycles. The highest BCUT2D eigenvalue weighted by Crippen LogP contribution is 2.28. The van der Waals surface area contributed by atoms with Gasteiger partial charge in [0, 0.05) is 5.56 Å². The molecule has 1 N–H and O–H groups in total. The predicted octanol–water partition coefficient (Wildman–Crippen LogP) is 2.17. The van der Waals surface area contributed by atoms with Gasteiger partial charge in [0.25, 0.3) is 5.92 Å². The number of ether oxygens (including phenoxy) is 1. The van der Waals surface area contributed by atoms with Gasteiger partial charge in [0.05, 0.1) is 6.61 Å². The Morgan fingerprint density at radius 2 is 1.86 bits per heavy atom. The molecular weight excluding hydrogens is 190 g/mol. The van der Waals surface area contributed by atoms with E-state index in [9.17, 15) is 8.78 Å². The zero-order valence-corrected chi connectivity index (χ0v) is 7.84. The summed E-state index contributed by atoms with van der Waals surface area (Å²) in [6.45, 7) is 1.13. The van der Waals surface area contributed by atoms with Crippen molar-refractivity contribution in [3.8, 4) is 5.75 Å². The van der Waals surface area contributed by atoms with E-state index >= 15 is 0 Å². The van der Waals surface area contributed by atoms with E-state index in [0.29, 0.717) is 12.4 Å². The van der Waals surface area contributed by atoms with Gasteiger partial charge < -0.3 is 9.84 Å². The number of aliphatic hydroxyl groups excluding tert-OH is 1. The normalized spacial score (nSPS) is 11.4. The molecule has 0 aliphatic heterocycles. The van der Waals surface area contributed by atoms with Crippen LogP contribution < -0.4 is 4.74 Å². The maximum absolute atomic E-state index is 12.9. The maximum atomic E-state index is 12.9. The average Bonchev–Trinajstić information content (AvgIpc) is 2.19. The summed E-state index contributed by atoms with van der Waals surface area (Å²) in [4.78, 5) is 0. The smallest absolute Gasteiger partial charge is 0.295 e. The molecule has 2 nitrogen and oxygen atoms in total. The molecule has 1 aromatic carbocycles. The van der Waals surface area contributed by atoms with E-state index in [4.69, 9.17) is 9.84 Å². The van der Waals surface area contributed by atoms with Crippen molar-refractivity contribution in [1.29, 1.82) is 0 Å². The SMILES string of the molecule is CCOc1ccc(C(F)(F)CO)cc1. The summed E-state index contributed by atoms with van der Waals surface area (Å²) in [5.74, 6) is -2.63. The number of hydrogen-bond acceptors (Lipinski definition) is 2. The van der Waals surface area contributed by atoms with Crippen molar-refractivity contribution in [2.24, 2.45) is 0 Å². The summed E-state index contributed by atoms with van der Waals surface area (Å²) < 4.78 is 30.9. The lowest BCUT2D eigenvalue weighted by Gasteiger charge is -2.13. The molecule has 0 saturated heterocycles. The van der Waals surface area contributed by atoms with Crippen LogP contribution in [0.2, 0.25) is 0 Å². The van der Waals surface area contributed by atoms with Crippen molar-refractivity contribution in [2.45, 2.75) is 12.8 Å². The topological polar surface area (TPSA) is 29.5 Å². The minimum absolute atomic E-state index is 0.205. The van der Waals surface area contributed by atoms with Gasteiger partial charge in [0.15, 0.2) is 0 Å². The van der Waals surface area contributed by atoms with E-state index in [2.05, 4.69) is 0 Å². The lowest BCUT2D eigenvalue weighted by Crippen LogP contribution is -2.18. The molecule has 0 radical (unpaired) electrons.